The standard InChI is InChI=1S/C22H32N6O/c1-25(2)19-10-8-18(9-11-19)15-26-12-6-7-20(16-26)28-17-21(23-24-28)22(29)27-13-4-3-5-14-27/h8-11,17,20H,3-7,12-16H2,1-2H3/t20-/m1/s1. The fourth-order valence-corrected chi connectivity index (χ4v) is 4.36. The van der Waals surface area contributed by atoms with Crippen molar-refractivity contribution in [3.05, 3.63) is 41.7 Å². The molecule has 0 saturated carbocycles. The first-order valence-corrected chi connectivity index (χ1v) is 10.8. The lowest BCUT2D eigenvalue weighted by molar-refractivity contribution is 0.0718. The van der Waals surface area contributed by atoms with Crippen LogP contribution in [0.4, 0.5) is 5.69 Å². The highest BCUT2D eigenvalue weighted by Crippen LogP contribution is 2.23. The summed E-state index contributed by atoms with van der Waals surface area (Å²) in [5.41, 5.74) is 3.04. The van der Waals surface area contributed by atoms with E-state index >= 15 is 0 Å². The van der Waals surface area contributed by atoms with Gasteiger partial charge in [-0.3, -0.25) is 9.69 Å². The molecule has 4 rings (SSSR count). The lowest BCUT2D eigenvalue weighted by Gasteiger charge is -2.32. The Morgan fingerprint density at radius 1 is 1.07 bits per heavy atom. The Hall–Kier alpha value is -2.41. The summed E-state index contributed by atoms with van der Waals surface area (Å²) in [7, 11) is 4.12. The number of piperidine rings is 2. The Bertz CT molecular complexity index is 809. The molecule has 156 valence electrons. The Morgan fingerprint density at radius 3 is 2.55 bits per heavy atom. The number of carbonyl (C=O) groups excluding carboxylic acids is 1. The molecule has 0 aliphatic carbocycles. The van der Waals surface area contributed by atoms with Gasteiger partial charge >= 0.3 is 0 Å². The Balaban J connectivity index is 1.37. The minimum atomic E-state index is 0.0320. The molecule has 2 saturated heterocycles. The number of likely N-dealkylation sites (tertiary alicyclic amines) is 2. The first kappa shape index (κ1) is 19.9. The zero-order valence-corrected chi connectivity index (χ0v) is 17.6. The van der Waals surface area contributed by atoms with Crippen molar-refractivity contribution in [2.75, 3.05) is 45.2 Å². The van der Waals surface area contributed by atoms with Gasteiger partial charge < -0.3 is 9.80 Å². The molecule has 7 heteroatoms. The maximum absolute atomic E-state index is 12.7. The number of benzene rings is 1. The predicted molar refractivity (Wildman–Crippen MR) is 114 cm³/mol. The van der Waals surface area contributed by atoms with Crippen molar-refractivity contribution in [3.63, 3.8) is 0 Å². The van der Waals surface area contributed by atoms with Crippen LogP contribution in [0.5, 0.6) is 0 Å². The second-order valence-corrected chi connectivity index (χ2v) is 8.53. The SMILES string of the molecule is CN(C)c1ccc(CN2CCC[C@@H](n3cc(C(=O)N4CCCCC4)nn3)C2)cc1. The van der Waals surface area contributed by atoms with E-state index in [2.05, 4.69) is 58.5 Å². The number of rotatable bonds is 5. The topological polar surface area (TPSA) is 57.5 Å². The highest BCUT2D eigenvalue weighted by Gasteiger charge is 2.25. The van der Waals surface area contributed by atoms with Gasteiger partial charge in [0.15, 0.2) is 5.69 Å². The number of amides is 1. The normalized spacial score (nSPS) is 20.6. The van der Waals surface area contributed by atoms with Gasteiger partial charge in [-0.25, -0.2) is 4.68 Å². The number of nitrogens with zero attached hydrogens (tertiary/aromatic N) is 6. The molecule has 0 spiro atoms. The van der Waals surface area contributed by atoms with Crippen LogP contribution in [0.1, 0.15) is 54.2 Å². The molecule has 1 amide bonds. The molecule has 7 nitrogen and oxygen atoms in total. The molecule has 1 aromatic carbocycles. The van der Waals surface area contributed by atoms with Gasteiger partial charge in [0, 0.05) is 46.0 Å². The summed E-state index contributed by atoms with van der Waals surface area (Å²) >= 11 is 0. The number of anilines is 1. The van der Waals surface area contributed by atoms with Crippen LogP contribution in [-0.2, 0) is 6.54 Å². The molecule has 0 unspecified atom stereocenters. The second kappa shape index (κ2) is 8.95. The summed E-state index contributed by atoms with van der Waals surface area (Å²) < 4.78 is 1.92. The molecule has 2 fully saturated rings. The molecule has 2 aromatic rings. The monoisotopic (exact) mass is 396 g/mol. The van der Waals surface area contributed by atoms with E-state index in [0.717, 1.165) is 58.4 Å². The number of hydrogen-bond acceptors (Lipinski definition) is 5. The third-order valence-corrected chi connectivity index (χ3v) is 6.09. The van der Waals surface area contributed by atoms with Gasteiger partial charge in [-0.05, 0) is 56.3 Å². The lowest BCUT2D eigenvalue weighted by atomic mass is 10.0. The van der Waals surface area contributed by atoms with Crippen LogP contribution in [0, 0.1) is 0 Å². The van der Waals surface area contributed by atoms with Gasteiger partial charge in [0.1, 0.15) is 0 Å². The molecule has 1 atom stereocenters. The van der Waals surface area contributed by atoms with Crippen molar-refractivity contribution >= 4 is 11.6 Å². The lowest BCUT2D eigenvalue weighted by Crippen LogP contribution is -2.36. The molecule has 29 heavy (non-hydrogen) atoms. The van der Waals surface area contributed by atoms with E-state index in [4.69, 9.17) is 0 Å². The predicted octanol–water partition coefficient (Wildman–Crippen LogP) is 2.81. The van der Waals surface area contributed by atoms with Crippen LogP contribution in [0.2, 0.25) is 0 Å². The summed E-state index contributed by atoms with van der Waals surface area (Å²) in [5.74, 6) is 0.0320. The average Bonchev–Trinajstić information content (AvgIpc) is 3.25. The van der Waals surface area contributed by atoms with Crippen LogP contribution in [-0.4, -0.2) is 71.0 Å². The van der Waals surface area contributed by atoms with Crippen molar-refractivity contribution < 1.29 is 4.79 Å². The van der Waals surface area contributed by atoms with Crippen LogP contribution >= 0.6 is 0 Å². The van der Waals surface area contributed by atoms with Crippen molar-refractivity contribution in [1.29, 1.82) is 0 Å². The first-order chi connectivity index (χ1) is 14.1. The molecule has 0 N–H and O–H groups in total. The van der Waals surface area contributed by atoms with E-state index in [1.165, 1.54) is 17.7 Å². The Morgan fingerprint density at radius 2 is 1.83 bits per heavy atom. The van der Waals surface area contributed by atoms with E-state index < -0.39 is 0 Å². The Kier molecular flexibility index (Phi) is 6.13. The minimum absolute atomic E-state index is 0.0320. The van der Waals surface area contributed by atoms with E-state index in [1.807, 2.05) is 15.8 Å². The van der Waals surface area contributed by atoms with Gasteiger partial charge in [0.2, 0.25) is 0 Å². The van der Waals surface area contributed by atoms with Crippen LogP contribution < -0.4 is 4.90 Å². The smallest absolute Gasteiger partial charge is 0.276 e. The average molecular weight is 397 g/mol. The molecular formula is C22H32N6O. The van der Waals surface area contributed by atoms with Crippen LogP contribution in [0.25, 0.3) is 0 Å². The first-order valence-electron chi connectivity index (χ1n) is 10.8. The zero-order chi connectivity index (χ0) is 20.2. The summed E-state index contributed by atoms with van der Waals surface area (Å²) in [6.45, 7) is 4.67. The second-order valence-electron chi connectivity index (χ2n) is 8.53. The zero-order valence-electron chi connectivity index (χ0n) is 17.6. The van der Waals surface area contributed by atoms with Gasteiger partial charge in [-0.1, -0.05) is 17.3 Å². The number of hydrogen-bond donors (Lipinski definition) is 0. The number of aromatic nitrogens is 3. The van der Waals surface area contributed by atoms with E-state index in [1.54, 1.807) is 0 Å². The van der Waals surface area contributed by atoms with E-state index in [9.17, 15) is 4.79 Å². The molecular weight excluding hydrogens is 364 g/mol. The van der Waals surface area contributed by atoms with Crippen molar-refractivity contribution in [2.24, 2.45) is 0 Å². The van der Waals surface area contributed by atoms with Crippen molar-refractivity contribution in [1.82, 2.24) is 24.8 Å². The molecule has 2 aliphatic rings. The van der Waals surface area contributed by atoms with Gasteiger partial charge in [0.05, 0.1) is 12.2 Å². The van der Waals surface area contributed by atoms with Gasteiger partial charge in [0.25, 0.3) is 5.91 Å². The Labute approximate surface area is 173 Å². The third-order valence-electron chi connectivity index (χ3n) is 6.09. The molecule has 1 aromatic heterocycles. The van der Waals surface area contributed by atoms with Gasteiger partial charge in [-0.2, -0.15) is 0 Å². The molecule has 3 heterocycles. The largest absolute Gasteiger partial charge is 0.378 e. The fraction of sp³-hybridized carbons (Fsp3) is 0.591. The maximum Gasteiger partial charge on any atom is 0.276 e. The summed E-state index contributed by atoms with van der Waals surface area (Å²) in [5, 5.41) is 8.52. The quantitative estimate of drug-likeness (QED) is 0.778. The molecule has 0 radical (unpaired) electrons. The highest BCUT2D eigenvalue weighted by molar-refractivity contribution is 5.91. The van der Waals surface area contributed by atoms with Gasteiger partial charge in [-0.15, -0.1) is 5.10 Å². The minimum Gasteiger partial charge on any atom is -0.378 e. The third kappa shape index (κ3) is 4.78. The fourth-order valence-electron chi connectivity index (χ4n) is 4.36. The van der Waals surface area contributed by atoms with Crippen LogP contribution in [0.15, 0.2) is 30.5 Å². The molecule has 2 aliphatic heterocycles. The van der Waals surface area contributed by atoms with E-state index in [-0.39, 0.29) is 11.9 Å². The summed E-state index contributed by atoms with van der Waals surface area (Å²) in [6.07, 6.45) is 7.47. The summed E-state index contributed by atoms with van der Waals surface area (Å²) in [6, 6.07) is 9.05. The number of carbonyl (C=O) groups is 1. The van der Waals surface area contributed by atoms with Crippen molar-refractivity contribution in [3.8, 4) is 0 Å². The maximum atomic E-state index is 12.7. The van der Waals surface area contributed by atoms with Crippen LogP contribution in [0.3, 0.4) is 0 Å². The molecule has 0 bridgehead atoms. The summed E-state index contributed by atoms with van der Waals surface area (Å²) in [4.78, 5) is 19.2. The van der Waals surface area contributed by atoms with Crippen molar-refractivity contribution in [2.45, 2.75) is 44.7 Å². The van der Waals surface area contributed by atoms with E-state index in [0.29, 0.717) is 5.69 Å². The highest BCUT2D eigenvalue weighted by atomic mass is 16.2.